The number of hydrogen-bond donors (Lipinski definition) is 2. The Hall–Kier alpha value is -1.36. The van der Waals surface area contributed by atoms with Gasteiger partial charge < -0.3 is 15.6 Å². The lowest BCUT2D eigenvalue weighted by molar-refractivity contribution is -0.138. The summed E-state index contributed by atoms with van der Waals surface area (Å²) in [5.41, 5.74) is 6.31. The van der Waals surface area contributed by atoms with Gasteiger partial charge in [0.25, 0.3) is 0 Å². The van der Waals surface area contributed by atoms with Crippen molar-refractivity contribution in [2.75, 3.05) is 6.61 Å². The van der Waals surface area contributed by atoms with Crippen LogP contribution in [0.15, 0.2) is 11.3 Å². The average Bonchev–Trinajstić information content (AvgIpc) is 2.94. The standard InChI is InChI=1S/C10H15NO4/c1-6(12)9(7-2-3-7)15-5-4-8(11)10(13)14/h8H,2-5,11H2,1H3,(H,13,14). The quantitative estimate of drug-likeness (QED) is 0.493. The number of ketones is 1. The summed E-state index contributed by atoms with van der Waals surface area (Å²) in [5, 5.41) is 8.52. The highest BCUT2D eigenvalue weighted by Crippen LogP contribution is 2.32. The second-order valence-corrected chi connectivity index (χ2v) is 3.57. The van der Waals surface area contributed by atoms with Crippen LogP contribution in [-0.2, 0) is 14.3 Å². The molecule has 1 aliphatic carbocycles. The lowest BCUT2D eigenvalue weighted by Gasteiger charge is -2.09. The SMILES string of the molecule is CC(=O)C(OCCC(N)C(=O)O)=C1CC1. The van der Waals surface area contributed by atoms with Crippen LogP contribution in [-0.4, -0.2) is 29.5 Å². The zero-order valence-electron chi connectivity index (χ0n) is 8.66. The Kier molecular flexibility index (Phi) is 3.85. The summed E-state index contributed by atoms with van der Waals surface area (Å²) < 4.78 is 5.24. The average molecular weight is 213 g/mol. The Balaban J connectivity index is 2.33. The van der Waals surface area contributed by atoms with E-state index < -0.39 is 12.0 Å². The number of carbonyl (C=O) groups is 2. The summed E-state index contributed by atoms with van der Waals surface area (Å²) in [6, 6.07) is -0.928. The molecule has 1 rings (SSSR count). The van der Waals surface area contributed by atoms with Crippen LogP contribution in [0, 0.1) is 0 Å². The highest BCUT2D eigenvalue weighted by Gasteiger charge is 2.22. The molecule has 1 aliphatic rings. The Morgan fingerprint density at radius 2 is 2.13 bits per heavy atom. The molecule has 15 heavy (non-hydrogen) atoms. The topological polar surface area (TPSA) is 89.6 Å². The van der Waals surface area contributed by atoms with E-state index in [-0.39, 0.29) is 18.8 Å². The summed E-state index contributed by atoms with van der Waals surface area (Å²) in [6.07, 6.45) is 2.01. The Morgan fingerprint density at radius 1 is 1.53 bits per heavy atom. The van der Waals surface area contributed by atoms with Crippen molar-refractivity contribution in [2.45, 2.75) is 32.2 Å². The molecule has 1 unspecified atom stereocenters. The largest absolute Gasteiger partial charge is 0.490 e. The molecule has 0 aromatic heterocycles. The van der Waals surface area contributed by atoms with Crippen molar-refractivity contribution in [2.24, 2.45) is 5.73 Å². The van der Waals surface area contributed by atoms with Crippen LogP contribution < -0.4 is 5.73 Å². The smallest absolute Gasteiger partial charge is 0.320 e. The second kappa shape index (κ2) is 4.93. The Morgan fingerprint density at radius 3 is 2.53 bits per heavy atom. The molecule has 1 saturated carbocycles. The first kappa shape index (κ1) is 11.7. The van der Waals surface area contributed by atoms with E-state index in [1.807, 2.05) is 0 Å². The van der Waals surface area contributed by atoms with E-state index in [9.17, 15) is 9.59 Å². The zero-order chi connectivity index (χ0) is 11.4. The van der Waals surface area contributed by atoms with Crippen molar-refractivity contribution < 1.29 is 19.4 Å². The highest BCUT2D eigenvalue weighted by molar-refractivity contribution is 5.92. The summed E-state index contributed by atoms with van der Waals surface area (Å²) in [7, 11) is 0. The van der Waals surface area contributed by atoms with Crippen molar-refractivity contribution in [1.29, 1.82) is 0 Å². The summed E-state index contributed by atoms with van der Waals surface area (Å²) in [5.74, 6) is -0.763. The molecule has 1 fully saturated rings. The Bertz CT molecular complexity index is 303. The summed E-state index contributed by atoms with van der Waals surface area (Å²) >= 11 is 0. The maximum Gasteiger partial charge on any atom is 0.320 e. The Labute approximate surface area is 87.9 Å². The lowest BCUT2D eigenvalue weighted by Crippen LogP contribution is -2.31. The number of aliphatic carboxylic acids is 1. The van der Waals surface area contributed by atoms with Gasteiger partial charge >= 0.3 is 5.97 Å². The van der Waals surface area contributed by atoms with Gasteiger partial charge in [0.1, 0.15) is 6.04 Å². The fourth-order valence-electron chi connectivity index (χ4n) is 1.15. The van der Waals surface area contributed by atoms with Gasteiger partial charge in [0, 0.05) is 13.3 Å². The van der Waals surface area contributed by atoms with Gasteiger partial charge in [0.05, 0.1) is 6.61 Å². The third-order valence-electron chi connectivity index (χ3n) is 2.13. The number of rotatable bonds is 6. The van der Waals surface area contributed by atoms with E-state index in [1.54, 1.807) is 0 Å². The van der Waals surface area contributed by atoms with E-state index in [4.69, 9.17) is 15.6 Å². The minimum Gasteiger partial charge on any atom is -0.490 e. The van der Waals surface area contributed by atoms with Crippen molar-refractivity contribution in [3.05, 3.63) is 11.3 Å². The molecular weight excluding hydrogens is 198 g/mol. The summed E-state index contributed by atoms with van der Waals surface area (Å²) in [6.45, 7) is 1.61. The van der Waals surface area contributed by atoms with Crippen molar-refractivity contribution in [3.63, 3.8) is 0 Å². The van der Waals surface area contributed by atoms with E-state index >= 15 is 0 Å². The molecule has 0 heterocycles. The normalized spacial score (nSPS) is 15.7. The van der Waals surface area contributed by atoms with Gasteiger partial charge in [0.15, 0.2) is 11.5 Å². The molecule has 5 heteroatoms. The first-order valence-corrected chi connectivity index (χ1v) is 4.86. The van der Waals surface area contributed by atoms with Gasteiger partial charge in [0.2, 0.25) is 0 Å². The molecule has 0 amide bonds. The van der Waals surface area contributed by atoms with Gasteiger partial charge in [-0.3, -0.25) is 9.59 Å². The monoisotopic (exact) mass is 213 g/mol. The molecule has 0 spiro atoms. The second-order valence-electron chi connectivity index (χ2n) is 3.57. The molecule has 3 N–H and O–H groups in total. The van der Waals surface area contributed by atoms with Crippen LogP contribution in [0.25, 0.3) is 0 Å². The fourth-order valence-corrected chi connectivity index (χ4v) is 1.15. The minimum absolute atomic E-state index is 0.105. The molecular formula is C10H15NO4. The molecule has 0 saturated heterocycles. The molecule has 5 nitrogen and oxygen atoms in total. The van der Waals surface area contributed by atoms with Crippen molar-refractivity contribution in [3.8, 4) is 0 Å². The number of carbonyl (C=O) groups excluding carboxylic acids is 1. The minimum atomic E-state index is -1.05. The molecule has 0 radical (unpaired) electrons. The van der Waals surface area contributed by atoms with Gasteiger partial charge in [-0.1, -0.05) is 0 Å². The molecule has 84 valence electrons. The third kappa shape index (κ3) is 3.71. The van der Waals surface area contributed by atoms with E-state index in [0.717, 1.165) is 18.4 Å². The first-order valence-electron chi connectivity index (χ1n) is 4.86. The van der Waals surface area contributed by atoms with E-state index in [2.05, 4.69) is 0 Å². The predicted molar refractivity (Wildman–Crippen MR) is 53.1 cm³/mol. The van der Waals surface area contributed by atoms with Crippen molar-refractivity contribution >= 4 is 11.8 Å². The fraction of sp³-hybridized carbons (Fsp3) is 0.600. The van der Waals surface area contributed by atoms with Crippen LogP contribution in [0.5, 0.6) is 0 Å². The van der Waals surface area contributed by atoms with Crippen LogP contribution in [0.4, 0.5) is 0 Å². The maximum absolute atomic E-state index is 11.1. The molecule has 1 atom stereocenters. The number of allylic oxidation sites excluding steroid dienone is 2. The van der Waals surface area contributed by atoms with E-state index in [0.29, 0.717) is 5.76 Å². The number of carboxylic acids is 1. The molecule has 0 aromatic carbocycles. The van der Waals surface area contributed by atoms with Crippen LogP contribution in [0.3, 0.4) is 0 Å². The zero-order valence-corrected chi connectivity index (χ0v) is 8.66. The van der Waals surface area contributed by atoms with Crippen LogP contribution >= 0.6 is 0 Å². The molecule has 0 aromatic rings. The first-order chi connectivity index (χ1) is 7.02. The van der Waals surface area contributed by atoms with Crippen LogP contribution in [0.2, 0.25) is 0 Å². The number of carboxylic acid groups (broad SMARTS) is 1. The van der Waals surface area contributed by atoms with Gasteiger partial charge in [-0.05, 0) is 18.4 Å². The number of ether oxygens (including phenoxy) is 1. The third-order valence-corrected chi connectivity index (χ3v) is 2.13. The highest BCUT2D eigenvalue weighted by atomic mass is 16.5. The maximum atomic E-state index is 11.1. The van der Waals surface area contributed by atoms with Gasteiger partial charge in [-0.2, -0.15) is 0 Å². The molecule has 0 bridgehead atoms. The summed E-state index contributed by atoms with van der Waals surface area (Å²) in [4.78, 5) is 21.5. The number of nitrogens with two attached hydrogens (primary N) is 1. The lowest BCUT2D eigenvalue weighted by atomic mass is 10.2. The van der Waals surface area contributed by atoms with E-state index in [1.165, 1.54) is 6.92 Å². The number of hydrogen-bond acceptors (Lipinski definition) is 4. The predicted octanol–water partition coefficient (Wildman–Crippen LogP) is 0.442. The molecule has 0 aliphatic heterocycles. The van der Waals surface area contributed by atoms with Gasteiger partial charge in [-0.15, -0.1) is 0 Å². The van der Waals surface area contributed by atoms with Gasteiger partial charge in [-0.25, -0.2) is 0 Å². The van der Waals surface area contributed by atoms with Crippen LogP contribution in [0.1, 0.15) is 26.2 Å². The van der Waals surface area contributed by atoms with Crippen molar-refractivity contribution in [1.82, 2.24) is 0 Å². The number of Topliss-reactive ketones (excluding diaryl/α,β-unsaturated/α-hetero) is 1.